The van der Waals surface area contributed by atoms with Gasteiger partial charge in [0.2, 0.25) is 5.78 Å². The zero-order valence-corrected chi connectivity index (χ0v) is 11.3. The number of carbonyl (C=O) groups is 1. The minimum absolute atomic E-state index is 0.172. The summed E-state index contributed by atoms with van der Waals surface area (Å²) in [6.07, 6.45) is -2.31. The van der Waals surface area contributed by atoms with E-state index in [2.05, 4.69) is 0 Å². The van der Waals surface area contributed by atoms with E-state index in [-0.39, 0.29) is 4.90 Å². The lowest BCUT2D eigenvalue weighted by Crippen LogP contribution is -2.29. The van der Waals surface area contributed by atoms with Gasteiger partial charge in [-0.05, 0) is 12.1 Å². The number of ketones is 1. The van der Waals surface area contributed by atoms with E-state index in [1.807, 2.05) is 0 Å². The summed E-state index contributed by atoms with van der Waals surface area (Å²) in [5, 5.41) is 18.5. The summed E-state index contributed by atoms with van der Waals surface area (Å²) in [6.45, 7) is -0.461. The van der Waals surface area contributed by atoms with E-state index in [9.17, 15) is 14.1 Å². The summed E-state index contributed by atoms with van der Waals surface area (Å²) in [7, 11) is 0. The Kier molecular flexibility index (Phi) is 4.71. The normalized spacial score (nSPS) is 28.6. The van der Waals surface area contributed by atoms with Gasteiger partial charge in [-0.15, -0.1) is 0 Å². The Morgan fingerprint density at radius 2 is 2.05 bits per heavy atom. The predicted octanol–water partition coefficient (Wildman–Crippen LogP) is 0.00650. The van der Waals surface area contributed by atoms with Crippen LogP contribution in [-0.4, -0.2) is 49.0 Å². The number of hydrogen-bond acceptors (Lipinski definition) is 6. The molecular formula is C11H12O6S2. The van der Waals surface area contributed by atoms with E-state index in [1.54, 1.807) is 18.2 Å². The Morgan fingerprint density at radius 1 is 1.37 bits per heavy atom. The second kappa shape index (κ2) is 6.12. The van der Waals surface area contributed by atoms with E-state index in [1.165, 1.54) is 6.07 Å². The van der Waals surface area contributed by atoms with Crippen LogP contribution in [0.5, 0.6) is 0 Å². The molecule has 2 unspecified atom stereocenters. The fourth-order valence-corrected chi connectivity index (χ4v) is 3.48. The topological polar surface area (TPSA) is 104 Å². The molecule has 6 nitrogen and oxygen atoms in total. The van der Waals surface area contributed by atoms with Crippen molar-refractivity contribution in [2.45, 2.75) is 27.4 Å². The van der Waals surface area contributed by atoms with Crippen molar-refractivity contribution in [2.75, 3.05) is 6.61 Å². The van der Waals surface area contributed by atoms with Gasteiger partial charge in [-0.25, -0.2) is 4.21 Å². The van der Waals surface area contributed by atoms with Gasteiger partial charge in [0.15, 0.2) is 16.5 Å². The molecule has 0 amide bonds. The van der Waals surface area contributed by atoms with E-state index < -0.39 is 41.1 Å². The highest BCUT2D eigenvalue weighted by molar-refractivity contribution is 8.00. The Labute approximate surface area is 116 Å². The number of ether oxygens (including phenoxy) is 1. The first-order valence-electron chi connectivity index (χ1n) is 5.39. The quantitative estimate of drug-likeness (QED) is 0.673. The standard InChI is InChI=1S/C11H12O6S2/c12-5-6-9(13)10(14)11(17-6)18-7-3-1-2-4-8(7)19(15)16/h1-4,6,9,11-13H,5H2,(H,15,16)/t6-,9+,11?/m1/s1. The third-order valence-electron chi connectivity index (χ3n) is 2.63. The Balaban J connectivity index is 2.19. The molecule has 1 aromatic carbocycles. The Morgan fingerprint density at radius 3 is 2.63 bits per heavy atom. The van der Waals surface area contributed by atoms with Crippen molar-refractivity contribution in [3.05, 3.63) is 24.3 Å². The van der Waals surface area contributed by atoms with E-state index in [0.29, 0.717) is 4.90 Å². The summed E-state index contributed by atoms with van der Waals surface area (Å²) in [5.74, 6) is -0.553. The summed E-state index contributed by atoms with van der Waals surface area (Å²) >= 11 is -1.23. The average molecular weight is 304 g/mol. The van der Waals surface area contributed by atoms with Gasteiger partial charge in [-0.3, -0.25) is 4.79 Å². The summed E-state index contributed by atoms with van der Waals surface area (Å²) in [6, 6.07) is 6.33. The average Bonchev–Trinajstić information content (AvgIpc) is 2.67. The SMILES string of the molecule is O=C1C(Sc2ccccc2S(=O)O)O[C@H](CO)[C@@H]1O. The number of rotatable bonds is 4. The first-order valence-corrected chi connectivity index (χ1v) is 7.38. The van der Waals surface area contributed by atoms with Gasteiger partial charge in [0.25, 0.3) is 0 Å². The molecule has 0 bridgehead atoms. The van der Waals surface area contributed by atoms with Crippen LogP contribution in [0.25, 0.3) is 0 Å². The van der Waals surface area contributed by atoms with Crippen LogP contribution in [0.4, 0.5) is 0 Å². The molecule has 1 heterocycles. The fraction of sp³-hybridized carbons (Fsp3) is 0.364. The minimum Gasteiger partial charge on any atom is -0.394 e. The molecule has 1 fully saturated rings. The molecule has 19 heavy (non-hydrogen) atoms. The second-order valence-electron chi connectivity index (χ2n) is 3.85. The number of aliphatic hydroxyl groups excluding tert-OH is 2. The molecule has 0 spiro atoms. The molecule has 1 aromatic rings. The molecule has 0 saturated carbocycles. The number of hydrogen-bond donors (Lipinski definition) is 3. The summed E-state index contributed by atoms with van der Waals surface area (Å²) in [4.78, 5) is 12.3. The van der Waals surface area contributed by atoms with Crippen molar-refractivity contribution in [3.8, 4) is 0 Å². The molecule has 0 aliphatic carbocycles. The molecule has 1 aliphatic rings. The van der Waals surface area contributed by atoms with Gasteiger partial charge in [0, 0.05) is 4.90 Å². The highest BCUT2D eigenvalue weighted by atomic mass is 32.2. The zero-order valence-electron chi connectivity index (χ0n) is 9.63. The highest BCUT2D eigenvalue weighted by Crippen LogP contribution is 2.34. The van der Waals surface area contributed by atoms with Crippen molar-refractivity contribution < 1.29 is 28.5 Å². The van der Waals surface area contributed by atoms with Crippen LogP contribution < -0.4 is 0 Å². The van der Waals surface area contributed by atoms with Crippen molar-refractivity contribution >= 4 is 28.6 Å². The zero-order chi connectivity index (χ0) is 14.0. The molecule has 0 radical (unpaired) electrons. The third-order valence-corrected chi connectivity index (χ3v) is 4.65. The van der Waals surface area contributed by atoms with Crippen LogP contribution in [0.15, 0.2) is 34.1 Å². The number of aliphatic hydroxyl groups is 2. The van der Waals surface area contributed by atoms with E-state index in [4.69, 9.17) is 14.4 Å². The number of thioether (sulfide) groups is 1. The van der Waals surface area contributed by atoms with Crippen molar-refractivity contribution in [3.63, 3.8) is 0 Å². The Hall–Kier alpha value is -0.770. The van der Waals surface area contributed by atoms with Crippen molar-refractivity contribution in [1.29, 1.82) is 0 Å². The maximum Gasteiger partial charge on any atom is 0.203 e. The molecule has 104 valence electrons. The van der Waals surface area contributed by atoms with Gasteiger partial charge in [0.1, 0.15) is 12.2 Å². The largest absolute Gasteiger partial charge is 0.394 e. The van der Waals surface area contributed by atoms with Crippen molar-refractivity contribution in [1.82, 2.24) is 0 Å². The van der Waals surface area contributed by atoms with Gasteiger partial charge in [-0.1, -0.05) is 23.9 Å². The van der Waals surface area contributed by atoms with E-state index >= 15 is 0 Å². The molecule has 4 atom stereocenters. The van der Waals surface area contributed by atoms with Crippen LogP contribution in [0.3, 0.4) is 0 Å². The predicted molar refractivity (Wildman–Crippen MR) is 68.1 cm³/mol. The highest BCUT2D eigenvalue weighted by Gasteiger charge is 2.42. The first-order chi connectivity index (χ1) is 9.04. The van der Waals surface area contributed by atoms with Crippen LogP contribution in [-0.2, 0) is 20.6 Å². The van der Waals surface area contributed by atoms with E-state index in [0.717, 1.165) is 11.8 Å². The molecule has 3 N–H and O–H groups in total. The number of benzene rings is 1. The molecule has 8 heteroatoms. The lowest BCUT2D eigenvalue weighted by Gasteiger charge is -2.11. The number of carbonyl (C=O) groups excluding carboxylic acids is 1. The minimum atomic E-state index is -2.17. The molecule has 2 rings (SSSR count). The Bertz CT molecular complexity index is 506. The van der Waals surface area contributed by atoms with Crippen LogP contribution in [0.2, 0.25) is 0 Å². The van der Waals surface area contributed by atoms with Gasteiger partial charge in [-0.2, -0.15) is 0 Å². The van der Waals surface area contributed by atoms with Crippen LogP contribution in [0.1, 0.15) is 0 Å². The van der Waals surface area contributed by atoms with Crippen LogP contribution >= 0.6 is 11.8 Å². The number of Topliss-reactive ketones (excluding diaryl/α,β-unsaturated/α-hetero) is 1. The summed E-state index contributed by atoms with van der Waals surface area (Å²) < 4.78 is 25.5. The lowest BCUT2D eigenvalue weighted by molar-refractivity contribution is -0.124. The maximum atomic E-state index is 11.7. The summed E-state index contributed by atoms with van der Waals surface area (Å²) in [5.41, 5.74) is -0.989. The second-order valence-corrected chi connectivity index (χ2v) is 5.89. The smallest absolute Gasteiger partial charge is 0.203 e. The van der Waals surface area contributed by atoms with Gasteiger partial charge < -0.3 is 19.5 Å². The fourth-order valence-electron chi connectivity index (χ4n) is 1.66. The molecular weight excluding hydrogens is 292 g/mol. The lowest BCUT2D eigenvalue weighted by atomic mass is 10.2. The molecule has 1 saturated heterocycles. The van der Waals surface area contributed by atoms with Crippen molar-refractivity contribution in [2.24, 2.45) is 0 Å². The maximum absolute atomic E-state index is 11.7. The third kappa shape index (κ3) is 3.04. The van der Waals surface area contributed by atoms with Gasteiger partial charge in [0.05, 0.1) is 11.5 Å². The monoisotopic (exact) mass is 304 g/mol. The van der Waals surface area contributed by atoms with Crippen LogP contribution in [0, 0.1) is 0 Å². The molecule has 0 aromatic heterocycles. The first kappa shape index (κ1) is 14.6. The van der Waals surface area contributed by atoms with Gasteiger partial charge >= 0.3 is 0 Å². The molecule has 1 aliphatic heterocycles.